The molecule has 0 unspecified atom stereocenters. The van der Waals surface area contributed by atoms with Gasteiger partial charge in [-0.25, -0.2) is 28.8 Å². The molecule has 3 heterocycles. The molecule has 0 bridgehead atoms. The Morgan fingerprint density at radius 3 is 0.513 bits per heavy atom. The molecule has 0 fully saturated rings. The molecule has 10 rings (SSSR count). The fraction of sp³-hybridized carbons (Fsp3) is 0. The van der Waals surface area contributed by atoms with E-state index in [0.29, 0.717) is 16.7 Å². The molecule has 0 aliphatic rings. The molecule has 0 aliphatic heterocycles. The van der Waals surface area contributed by atoms with Crippen LogP contribution in [0.1, 0.15) is 62.1 Å². The zero-order valence-corrected chi connectivity index (χ0v) is 39.4. The fourth-order valence-corrected chi connectivity index (χ4v) is 7.95. The van der Waals surface area contributed by atoms with Gasteiger partial charge in [0.2, 0.25) is 34.9 Å². The number of hydrogen-bond donors (Lipinski definition) is 6. The van der Waals surface area contributed by atoms with Gasteiger partial charge in [-0.3, -0.25) is 0 Å². The highest BCUT2D eigenvalue weighted by atomic mass is 16.4. The van der Waals surface area contributed by atoms with Crippen LogP contribution < -0.4 is 0 Å². The van der Waals surface area contributed by atoms with Crippen LogP contribution in [0.25, 0.3) is 102 Å². The van der Waals surface area contributed by atoms with E-state index in [1.165, 1.54) is 36.4 Å². The maximum absolute atomic E-state index is 11.7. The summed E-state index contributed by atoms with van der Waals surface area (Å²) in [5.74, 6) is -7.84. The molecule has 0 amide bonds. The Bertz CT molecular complexity index is 3540. The third-order valence-electron chi connectivity index (χ3n) is 11.9. The first-order valence-electron chi connectivity index (χ1n) is 22.6. The van der Waals surface area contributed by atoms with Crippen LogP contribution in [0.4, 0.5) is 0 Å². The molecular weight excluding hydrogens is 1010 g/mol. The normalized spacial score (nSPS) is 10.9. The molecule has 7 aromatic carbocycles. The molecule has 24 nitrogen and oxygen atoms in total. The number of carboxylic acids is 6. The summed E-state index contributed by atoms with van der Waals surface area (Å²) in [4.78, 5) is 70.0. The number of nitrogens with zero attached hydrogens (tertiary/aromatic N) is 12. The Morgan fingerprint density at radius 1 is 0.192 bits per heavy atom. The minimum absolute atomic E-state index is 0.0829. The highest BCUT2D eigenvalue weighted by Gasteiger charge is 2.20. The number of hydrogen-bond acceptors (Lipinski definition) is 18. The molecule has 0 aliphatic carbocycles. The lowest BCUT2D eigenvalue weighted by molar-refractivity contribution is 0.0676. The summed E-state index contributed by atoms with van der Waals surface area (Å²) in [5, 5.41) is 107. The first-order valence-corrected chi connectivity index (χ1v) is 22.6. The third kappa shape index (κ3) is 10.5. The second kappa shape index (κ2) is 20.6. The van der Waals surface area contributed by atoms with E-state index in [-0.39, 0.29) is 85.0 Å². The molecule has 24 heteroatoms. The van der Waals surface area contributed by atoms with Gasteiger partial charge in [0.15, 0.2) is 0 Å². The lowest BCUT2D eigenvalue weighted by atomic mass is 9.92. The molecule has 78 heavy (non-hydrogen) atoms. The summed E-state index contributed by atoms with van der Waals surface area (Å²) in [6.07, 6.45) is 0. The first kappa shape index (κ1) is 49.7. The third-order valence-corrected chi connectivity index (χ3v) is 11.9. The summed E-state index contributed by atoms with van der Waals surface area (Å²) < 4.78 is 0. The molecular formula is C54H30N12O12. The zero-order chi connectivity index (χ0) is 54.8. The monoisotopic (exact) mass is 1040 g/mol. The van der Waals surface area contributed by atoms with Crippen LogP contribution >= 0.6 is 0 Å². The van der Waals surface area contributed by atoms with E-state index in [1.807, 2.05) is 54.6 Å². The summed E-state index contributed by atoms with van der Waals surface area (Å²) in [6.45, 7) is 0. The van der Waals surface area contributed by atoms with Gasteiger partial charge in [-0.05, 0) is 106 Å². The van der Waals surface area contributed by atoms with Gasteiger partial charge in [0.1, 0.15) is 0 Å². The van der Waals surface area contributed by atoms with Crippen molar-refractivity contribution in [3.05, 3.63) is 179 Å². The van der Waals surface area contributed by atoms with Crippen molar-refractivity contribution >= 4 is 35.8 Å². The van der Waals surface area contributed by atoms with E-state index in [2.05, 4.69) is 61.2 Å². The highest BCUT2D eigenvalue weighted by molar-refractivity contribution is 5.98. The Labute approximate surface area is 435 Å². The van der Waals surface area contributed by atoms with Gasteiger partial charge in [0.05, 0.1) is 33.4 Å². The smallest absolute Gasteiger partial charge is 0.335 e. The van der Waals surface area contributed by atoms with Gasteiger partial charge in [-0.2, -0.15) is 0 Å². The lowest BCUT2D eigenvalue weighted by Crippen LogP contribution is -2.05. The minimum Gasteiger partial charge on any atom is -0.478 e. The van der Waals surface area contributed by atoms with E-state index in [4.69, 9.17) is 0 Å². The van der Waals surface area contributed by atoms with Crippen LogP contribution in [-0.4, -0.2) is 128 Å². The maximum atomic E-state index is 11.7. The molecule has 0 saturated carbocycles. The molecule has 378 valence electrons. The summed E-state index contributed by atoms with van der Waals surface area (Å²) in [6, 6.07) is 38.0. The number of benzene rings is 7. The van der Waals surface area contributed by atoms with Gasteiger partial charge in [0.25, 0.3) is 0 Å². The molecule has 0 radical (unpaired) electrons. The van der Waals surface area contributed by atoms with Gasteiger partial charge in [-0.1, -0.05) is 72.8 Å². The van der Waals surface area contributed by atoms with Crippen molar-refractivity contribution in [3.63, 3.8) is 0 Å². The Balaban J connectivity index is 0.957. The SMILES string of the molecule is O=C(O)c1cc(C(=O)O)cc(-c2nnc(-c3ccc(-c4cc(-c5ccc(-c6nnc(-c7cc(C(=O)O)cc(C(=O)O)c7)nn6)cc5)cc(-c5ccc(-c6nnc(-c7cc(C(=O)O)cc(C(=O)O)c7)nn6)cc5)c4)cc3)nn2)c1. The molecule has 0 atom stereocenters. The largest absolute Gasteiger partial charge is 0.478 e. The number of aromatic nitrogens is 12. The average Bonchev–Trinajstić information content (AvgIpc) is 3.47. The van der Waals surface area contributed by atoms with Crippen LogP contribution in [0, 0.1) is 0 Å². The zero-order valence-electron chi connectivity index (χ0n) is 39.4. The van der Waals surface area contributed by atoms with Crippen LogP contribution in [0.15, 0.2) is 146 Å². The number of rotatable bonds is 15. The van der Waals surface area contributed by atoms with Gasteiger partial charge >= 0.3 is 35.8 Å². The Kier molecular flexibility index (Phi) is 13.1. The number of carboxylic acid groups (broad SMARTS) is 6. The van der Waals surface area contributed by atoms with Crippen molar-refractivity contribution in [3.8, 4) is 102 Å². The van der Waals surface area contributed by atoms with Crippen molar-refractivity contribution in [1.82, 2.24) is 61.2 Å². The predicted molar refractivity (Wildman–Crippen MR) is 271 cm³/mol. The average molecular weight is 1040 g/mol. The van der Waals surface area contributed by atoms with E-state index >= 15 is 0 Å². The van der Waals surface area contributed by atoms with Crippen molar-refractivity contribution < 1.29 is 59.4 Å². The predicted octanol–water partition coefficient (Wildman–Crippen LogP) is 7.62. The van der Waals surface area contributed by atoms with E-state index in [9.17, 15) is 59.4 Å². The van der Waals surface area contributed by atoms with E-state index in [1.54, 1.807) is 36.4 Å². The standard InChI is InChI=1S/C54H30N12O12/c67-49(68)37-16-34(17-38(22-37)50(69)70)46-61-55-43(56-62-46)28-7-1-25(2-8-28)31-13-32(26-3-9-29(10-4-26)44-57-63-47(64-58-44)35-18-39(51(71)72)23-40(19-35)52(73)74)15-33(14-31)27-5-11-30(12-6-27)45-59-65-48(66-60-45)36-20-41(53(75)76)24-42(21-36)54(77)78/h1-24H,(H,67,68)(H,69,70)(H,71,72)(H,73,74)(H,75,76)(H,77,78). The highest BCUT2D eigenvalue weighted by Crippen LogP contribution is 2.35. The van der Waals surface area contributed by atoms with Crippen LogP contribution in [-0.2, 0) is 0 Å². The van der Waals surface area contributed by atoms with E-state index < -0.39 is 35.8 Å². The van der Waals surface area contributed by atoms with E-state index in [0.717, 1.165) is 51.6 Å². The van der Waals surface area contributed by atoms with Gasteiger partial charge in [0, 0.05) is 33.4 Å². The van der Waals surface area contributed by atoms with Crippen molar-refractivity contribution in [2.75, 3.05) is 0 Å². The van der Waals surface area contributed by atoms with Crippen molar-refractivity contribution in [1.29, 1.82) is 0 Å². The van der Waals surface area contributed by atoms with Crippen molar-refractivity contribution in [2.24, 2.45) is 0 Å². The molecule has 10 aromatic rings. The molecule has 3 aromatic heterocycles. The van der Waals surface area contributed by atoms with Crippen molar-refractivity contribution in [2.45, 2.75) is 0 Å². The van der Waals surface area contributed by atoms with Gasteiger partial charge in [-0.15, -0.1) is 61.2 Å². The molecule has 0 spiro atoms. The summed E-state index contributed by atoms with van der Waals surface area (Å²) >= 11 is 0. The Morgan fingerprint density at radius 2 is 0.346 bits per heavy atom. The van der Waals surface area contributed by atoms with Crippen LogP contribution in [0.5, 0.6) is 0 Å². The second-order valence-electron chi connectivity index (χ2n) is 16.9. The number of aromatic carboxylic acids is 6. The molecule has 0 saturated heterocycles. The minimum atomic E-state index is -1.34. The first-order chi connectivity index (χ1) is 37.5. The topological polar surface area (TPSA) is 378 Å². The lowest BCUT2D eigenvalue weighted by Gasteiger charge is -2.12. The summed E-state index contributed by atoms with van der Waals surface area (Å²) in [5.41, 5.74) is 4.98. The maximum Gasteiger partial charge on any atom is 0.335 e. The van der Waals surface area contributed by atoms with Gasteiger partial charge < -0.3 is 30.6 Å². The van der Waals surface area contributed by atoms with Crippen LogP contribution in [0.3, 0.4) is 0 Å². The quantitative estimate of drug-likeness (QED) is 0.0574. The fourth-order valence-electron chi connectivity index (χ4n) is 7.95. The van der Waals surface area contributed by atoms with Crippen LogP contribution in [0.2, 0.25) is 0 Å². The summed E-state index contributed by atoms with van der Waals surface area (Å²) in [7, 11) is 0. The molecule has 6 N–H and O–H groups in total. The number of carbonyl (C=O) groups is 6. The second-order valence-corrected chi connectivity index (χ2v) is 16.9. The Hall–Kier alpha value is -11.8.